The Morgan fingerprint density at radius 1 is 0.607 bits per heavy atom. The van der Waals surface area contributed by atoms with E-state index in [1.54, 1.807) is 9.59 Å². The van der Waals surface area contributed by atoms with Crippen molar-refractivity contribution in [1.29, 1.82) is 0 Å². The minimum absolute atomic E-state index is 0.101. The predicted octanol–water partition coefficient (Wildman–Crippen LogP) is 10.3. The summed E-state index contributed by atoms with van der Waals surface area (Å²) in [6.45, 7) is 25.6. The summed E-state index contributed by atoms with van der Waals surface area (Å²) in [6, 6.07) is 23.7. The molecule has 0 aliphatic rings. The number of ether oxygens (including phenoxy) is 1. The second-order valence-corrected chi connectivity index (χ2v) is 19.0. The van der Waals surface area contributed by atoms with Gasteiger partial charge in [-0.3, -0.25) is 9.59 Å². The molecule has 6 aromatic rings. The van der Waals surface area contributed by atoms with Gasteiger partial charge < -0.3 is 9.84 Å². The minimum Gasteiger partial charge on any atom is -0.481 e. The third kappa shape index (κ3) is 8.39. The van der Waals surface area contributed by atoms with Gasteiger partial charge in [-0.2, -0.15) is 4.80 Å². The molecule has 0 bridgehead atoms. The maximum absolute atomic E-state index is 15.4. The van der Waals surface area contributed by atoms with Crippen LogP contribution in [-0.4, -0.2) is 47.0 Å². The normalized spacial score (nSPS) is 13.4. The fourth-order valence-corrected chi connectivity index (χ4v) is 7.03. The number of rotatable bonds is 9. The summed E-state index contributed by atoms with van der Waals surface area (Å²) in [5, 5.41) is 29.3. The molecule has 1 atom stereocenters. The van der Waals surface area contributed by atoms with Crippen LogP contribution in [0.4, 0.5) is 0 Å². The lowest BCUT2D eigenvalue weighted by Gasteiger charge is -2.32. The topological polar surface area (TPSA) is 125 Å². The van der Waals surface area contributed by atoms with E-state index in [4.69, 9.17) is 25.1 Å². The van der Waals surface area contributed by atoms with Gasteiger partial charge in [0.05, 0.1) is 11.6 Å². The molecule has 1 N–H and O–H groups in total. The Kier molecular flexibility index (Phi) is 10.5. The molecular weight excluding hydrogens is 701 g/mol. The monoisotopic (exact) mass is 756 g/mol. The van der Waals surface area contributed by atoms with Crippen LogP contribution in [0.1, 0.15) is 136 Å². The number of carboxylic acids is 1. The SMILES string of the molecule is CC(C)(C)c1cc(-n2nc3ccccc3n2)c(OC(=O)C(CCCC(=O)O)c2c(-n3nc4ccccc4n3)cc(C(C)(C)C)cc2C(C)(C)C)c(C(C)(C)C)c1. The molecule has 10 heteroatoms. The standard InChI is InChI=1S/C46H56N6O4/c1-43(2,3)28-24-31(45(7,8)9)40(37(26-28)51-47-33-19-13-14-20-34(33)48-51)30(18-17-23-39(53)54)42(55)56-41-32(46(10,11)12)25-29(44(4,5)6)27-38(41)52-49-35-21-15-16-22-36(35)50-52/h13-16,19-22,24-27,30H,17-18,23H2,1-12H3,(H,53,54). The summed E-state index contributed by atoms with van der Waals surface area (Å²) >= 11 is 0. The maximum Gasteiger partial charge on any atom is 0.318 e. The minimum atomic E-state index is -0.927. The van der Waals surface area contributed by atoms with E-state index in [0.717, 1.165) is 33.3 Å². The van der Waals surface area contributed by atoms with Crippen LogP contribution in [0.15, 0.2) is 72.8 Å². The highest BCUT2D eigenvalue weighted by atomic mass is 16.5. The number of carbonyl (C=O) groups is 2. The first-order valence-electron chi connectivity index (χ1n) is 19.5. The summed E-state index contributed by atoms with van der Waals surface area (Å²) in [6.07, 6.45) is 0.374. The molecule has 0 aliphatic heterocycles. The van der Waals surface area contributed by atoms with Gasteiger partial charge in [-0.1, -0.05) is 119 Å². The van der Waals surface area contributed by atoms with Gasteiger partial charge in [-0.05, 0) is 93.2 Å². The van der Waals surface area contributed by atoms with Gasteiger partial charge in [-0.15, -0.1) is 25.2 Å². The molecule has 0 saturated carbocycles. The van der Waals surface area contributed by atoms with Crippen LogP contribution in [0.25, 0.3) is 33.4 Å². The average Bonchev–Trinajstić information content (AvgIpc) is 3.72. The summed E-state index contributed by atoms with van der Waals surface area (Å²) in [4.78, 5) is 30.5. The first kappa shape index (κ1) is 40.3. The fraction of sp³-hybridized carbons (Fsp3) is 0.435. The highest BCUT2D eigenvalue weighted by molar-refractivity contribution is 5.85. The van der Waals surface area contributed by atoms with Gasteiger partial charge in [0.2, 0.25) is 0 Å². The van der Waals surface area contributed by atoms with Gasteiger partial charge in [-0.25, -0.2) is 0 Å². The lowest BCUT2D eigenvalue weighted by atomic mass is 9.74. The van der Waals surface area contributed by atoms with E-state index in [1.165, 1.54) is 0 Å². The zero-order chi connectivity index (χ0) is 41.0. The number of esters is 1. The van der Waals surface area contributed by atoms with E-state index in [9.17, 15) is 9.90 Å². The van der Waals surface area contributed by atoms with Crippen molar-refractivity contribution in [3.05, 3.63) is 101 Å². The van der Waals surface area contributed by atoms with Gasteiger partial charge in [0, 0.05) is 12.0 Å². The van der Waals surface area contributed by atoms with Crippen LogP contribution >= 0.6 is 0 Å². The van der Waals surface area contributed by atoms with Crippen LogP contribution in [0.5, 0.6) is 5.75 Å². The Labute approximate surface area is 330 Å². The molecule has 0 saturated heterocycles. The number of hydrogen-bond acceptors (Lipinski definition) is 7. The zero-order valence-corrected chi connectivity index (χ0v) is 35.0. The summed E-state index contributed by atoms with van der Waals surface area (Å²) in [7, 11) is 0. The highest BCUT2D eigenvalue weighted by Gasteiger charge is 2.37. The van der Waals surface area contributed by atoms with E-state index in [1.807, 2.05) is 54.6 Å². The number of nitrogens with zero attached hydrogens (tertiary/aromatic N) is 6. The zero-order valence-electron chi connectivity index (χ0n) is 35.0. The number of benzene rings is 4. The molecule has 0 amide bonds. The molecule has 6 rings (SSSR count). The Bertz CT molecular complexity index is 2360. The Morgan fingerprint density at radius 2 is 1.02 bits per heavy atom. The number of carboxylic acid groups (broad SMARTS) is 1. The first-order chi connectivity index (χ1) is 26.0. The molecule has 4 aromatic carbocycles. The lowest BCUT2D eigenvalue weighted by Crippen LogP contribution is -2.29. The Hall–Kier alpha value is -5.38. The third-order valence-electron chi connectivity index (χ3n) is 10.3. The largest absolute Gasteiger partial charge is 0.481 e. The highest BCUT2D eigenvalue weighted by Crippen LogP contribution is 2.44. The molecule has 294 valence electrons. The number of fused-ring (bicyclic) bond motifs is 2. The molecule has 2 heterocycles. The molecule has 2 aromatic heterocycles. The first-order valence-corrected chi connectivity index (χ1v) is 19.5. The van der Waals surface area contributed by atoms with E-state index in [2.05, 4.69) is 101 Å². The summed E-state index contributed by atoms with van der Waals surface area (Å²) < 4.78 is 6.77. The summed E-state index contributed by atoms with van der Waals surface area (Å²) in [5.74, 6) is -1.95. The number of aromatic nitrogens is 6. The molecule has 0 aliphatic carbocycles. The molecule has 10 nitrogen and oxygen atoms in total. The van der Waals surface area contributed by atoms with Crippen molar-refractivity contribution in [2.45, 2.75) is 130 Å². The predicted molar refractivity (Wildman–Crippen MR) is 222 cm³/mol. The van der Waals surface area contributed by atoms with Gasteiger partial charge in [0.15, 0.2) is 5.75 Å². The molecule has 0 radical (unpaired) electrons. The Morgan fingerprint density at radius 3 is 1.43 bits per heavy atom. The van der Waals surface area contributed by atoms with Crippen LogP contribution < -0.4 is 4.74 Å². The van der Waals surface area contributed by atoms with Crippen LogP contribution in [0.2, 0.25) is 0 Å². The number of aliphatic carboxylic acids is 1. The van der Waals surface area contributed by atoms with Gasteiger partial charge in [0.25, 0.3) is 0 Å². The van der Waals surface area contributed by atoms with Crippen molar-refractivity contribution in [1.82, 2.24) is 30.0 Å². The smallest absolute Gasteiger partial charge is 0.318 e. The van der Waals surface area contributed by atoms with E-state index in [-0.39, 0.29) is 30.1 Å². The van der Waals surface area contributed by atoms with Crippen LogP contribution in [0, 0.1) is 0 Å². The van der Waals surface area contributed by atoms with E-state index >= 15 is 4.79 Å². The number of hydrogen-bond donors (Lipinski definition) is 1. The maximum atomic E-state index is 15.4. The lowest BCUT2D eigenvalue weighted by molar-refractivity contribution is -0.139. The second kappa shape index (κ2) is 14.6. The van der Waals surface area contributed by atoms with Gasteiger partial charge >= 0.3 is 11.9 Å². The van der Waals surface area contributed by atoms with E-state index < -0.39 is 28.7 Å². The molecule has 0 fully saturated rings. The quantitative estimate of drug-likeness (QED) is 0.114. The average molecular weight is 757 g/mol. The Balaban J connectivity index is 1.63. The van der Waals surface area contributed by atoms with Crippen LogP contribution in [-0.2, 0) is 31.2 Å². The summed E-state index contributed by atoms with van der Waals surface area (Å²) in [5.41, 5.74) is 7.31. The van der Waals surface area contributed by atoms with Crippen LogP contribution in [0.3, 0.4) is 0 Å². The molecule has 0 spiro atoms. The molecule has 1 unspecified atom stereocenters. The van der Waals surface area contributed by atoms with Crippen molar-refractivity contribution in [2.24, 2.45) is 0 Å². The third-order valence-corrected chi connectivity index (χ3v) is 10.3. The van der Waals surface area contributed by atoms with Crippen molar-refractivity contribution >= 4 is 34.0 Å². The second-order valence-electron chi connectivity index (χ2n) is 19.0. The number of carbonyl (C=O) groups excluding carboxylic acids is 1. The molecule has 56 heavy (non-hydrogen) atoms. The van der Waals surface area contributed by atoms with Crippen molar-refractivity contribution < 1.29 is 19.4 Å². The van der Waals surface area contributed by atoms with E-state index in [0.29, 0.717) is 33.7 Å². The van der Waals surface area contributed by atoms with Crippen molar-refractivity contribution in [2.75, 3.05) is 0 Å². The van der Waals surface area contributed by atoms with Crippen molar-refractivity contribution in [3.63, 3.8) is 0 Å². The van der Waals surface area contributed by atoms with Crippen molar-refractivity contribution in [3.8, 4) is 17.1 Å². The fourth-order valence-electron chi connectivity index (χ4n) is 7.03. The molecular formula is C46H56N6O4. The van der Waals surface area contributed by atoms with Gasteiger partial charge in [0.1, 0.15) is 27.8 Å².